The second-order valence-electron chi connectivity index (χ2n) is 9.88. The van der Waals surface area contributed by atoms with E-state index >= 15 is 0 Å². The summed E-state index contributed by atoms with van der Waals surface area (Å²) in [5, 5.41) is 0.117. The van der Waals surface area contributed by atoms with Crippen molar-refractivity contribution in [2.75, 3.05) is 13.2 Å². The fourth-order valence-corrected chi connectivity index (χ4v) is 4.17. The lowest BCUT2D eigenvalue weighted by molar-refractivity contribution is -0.137. The normalized spacial score (nSPS) is 21.7. The van der Waals surface area contributed by atoms with Crippen molar-refractivity contribution in [3.8, 4) is 0 Å². The summed E-state index contributed by atoms with van der Waals surface area (Å²) in [7, 11) is -1.92. The van der Waals surface area contributed by atoms with Crippen molar-refractivity contribution in [3.05, 3.63) is 12.2 Å². The molecular formula is C21H39NO5Si. The maximum absolute atomic E-state index is 12.7. The Bertz CT molecular complexity index is 574. The first-order valence-electron chi connectivity index (χ1n) is 10.2. The summed E-state index contributed by atoms with van der Waals surface area (Å²) in [5.41, 5.74) is -0.568. The van der Waals surface area contributed by atoms with Crippen LogP contribution in [0.4, 0.5) is 4.79 Å². The van der Waals surface area contributed by atoms with Crippen molar-refractivity contribution in [2.24, 2.45) is 0 Å². The van der Waals surface area contributed by atoms with Gasteiger partial charge >= 0.3 is 12.1 Å². The smallest absolute Gasteiger partial charge is 0.410 e. The van der Waals surface area contributed by atoms with Crippen molar-refractivity contribution >= 4 is 20.4 Å². The summed E-state index contributed by atoms with van der Waals surface area (Å²) in [6.07, 6.45) is 4.23. The Morgan fingerprint density at radius 3 is 2.25 bits per heavy atom. The number of amides is 1. The first kappa shape index (κ1) is 24.7. The number of carbonyl (C=O) groups excluding carboxylic acids is 2. The average Bonchev–Trinajstić information content (AvgIpc) is 2.50. The fraction of sp³-hybridized carbons (Fsp3) is 0.810. The van der Waals surface area contributed by atoms with Crippen LogP contribution in [0.2, 0.25) is 18.1 Å². The molecule has 0 radical (unpaired) electrons. The van der Waals surface area contributed by atoms with Crippen LogP contribution in [0.25, 0.3) is 0 Å². The van der Waals surface area contributed by atoms with Crippen molar-refractivity contribution < 1.29 is 23.5 Å². The molecule has 7 heteroatoms. The summed E-state index contributed by atoms with van der Waals surface area (Å²) in [4.78, 5) is 26.1. The summed E-state index contributed by atoms with van der Waals surface area (Å²) in [5.74, 6) is -0.404. The van der Waals surface area contributed by atoms with Gasteiger partial charge in [-0.2, -0.15) is 0 Å². The minimum Gasteiger partial charge on any atom is -0.463 e. The number of esters is 1. The number of hydrogen-bond donors (Lipinski definition) is 0. The molecule has 1 aliphatic rings. The second kappa shape index (κ2) is 9.44. The third-order valence-electron chi connectivity index (χ3n) is 5.23. The highest BCUT2D eigenvalue weighted by Crippen LogP contribution is 2.39. The van der Waals surface area contributed by atoms with E-state index in [1.807, 2.05) is 20.8 Å². The maximum Gasteiger partial charge on any atom is 0.410 e. The van der Waals surface area contributed by atoms with Gasteiger partial charge in [-0.15, -0.1) is 0 Å². The quantitative estimate of drug-likeness (QED) is 0.364. The van der Waals surface area contributed by atoms with Gasteiger partial charge in [0.15, 0.2) is 8.32 Å². The third-order valence-corrected chi connectivity index (χ3v) is 9.77. The number of carbonyl (C=O) groups is 2. The molecule has 0 spiro atoms. The topological polar surface area (TPSA) is 65.1 Å². The van der Waals surface area contributed by atoms with E-state index in [0.717, 1.165) is 6.42 Å². The monoisotopic (exact) mass is 413 g/mol. The molecule has 6 nitrogen and oxygen atoms in total. The van der Waals surface area contributed by atoms with E-state index in [1.54, 1.807) is 17.9 Å². The van der Waals surface area contributed by atoms with Gasteiger partial charge in [0.1, 0.15) is 5.60 Å². The van der Waals surface area contributed by atoms with Gasteiger partial charge in [-0.3, -0.25) is 0 Å². The third kappa shape index (κ3) is 7.58. The summed E-state index contributed by atoms with van der Waals surface area (Å²) in [6, 6.07) is -0.261. The van der Waals surface area contributed by atoms with Gasteiger partial charge in [-0.1, -0.05) is 26.8 Å². The summed E-state index contributed by atoms with van der Waals surface area (Å²) in [6.45, 7) is 19.3. The largest absolute Gasteiger partial charge is 0.463 e. The highest BCUT2D eigenvalue weighted by Gasteiger charge is 2.41. The maximum atomic E-state index is 12.7. The van der Waals surface area contributed by atoms with Crippen molar-refractivity contribution in [2.45, 2.75) is 97.2 Å². The van der Waals surface area contributed by atoms with Gasteiger partial charge in [0, 0.05) is 18.7 Å². The molecule has 0 bridgehead atoms. The zero-order chi connectivity index (χ0) is 21.8. The van der Waals surface area contributed by atoms with Crippen molar-refractivity contribution in [1.82, 2.24) is 4.90 Å². The minimum atomic E-state index is -1.92. The number of ether oxygens (including phenoxy) is 2. The van der Waals surface area contributed by atoms with Gasteiger partial charge in [-0.25, -0.2) is 9.59 Å². The van der Waals surface area contributed by atoms with E-state index in [4.69, 9.17) is 13.9 Å². The Morgan fingerprint density at radius 1 is 1.14 bits per heavy atom. The Balaban J connectivity index is 2.96. The standard InChI is InChI=1S/C21H39NO5Si/c1-10-25-18(23)12-11-16-15-17(27-28(8,9)21(5,6)7)13-14-22(16)19(24)26-20(2,3)4/h11-12,16-17H,10,13-15H2,1-9H3/b12-11+/t16-,17+/m1/s1. The highest BCUT2D eigenvalue weighted by atomic mass is 28.4. The van der Waals surface area contributed by atoms with Gasteiger partial charge in [0.25, 0.3) is 0 Å². The van der Waals surface area contributed by atoms with Gasteiger partial charge < -0.3 is 18.8 Å². The zero-order valence-electron chi connectivity index (χ0n) is 19.1. The minimum absolute atomic E-state index is 0.0522. The number of rotatable bonds is 5. The van der Waals surface area contributed by atoms with Crippen LogP contribution in [0.5, 0.6) is 0 Å². The van der Waals surface area contributed by atoms with Gasteiger partial charge in [0.2, 0.25) is 0 Å². The zero-order valence-corrected chi connectivity index (χ0v) is 20.1. The SMILES string of the molecule is CCOC(=O)/C=C/[C@@H]1C[C@@H](O[Si](C)(C)C(C)(C)C)CCN1C(=O)OC(C)(C)C. The van der Waals surface area contributed by atoms with Crippen LogP contribution in [0, 0.1) is 0 Å². The molecule has 0 N–H and O–H groups in total. The lowest BCUT2D eigenvalue weighted by atomic mass is 9.99. The fourth-order valence-electron chi connectivity index (χ4n) is 2.77. The van der Waals surface area contributed by atoms with E-state index in [2.05, 4.69) is 33.9 Å². The van der Waals surface area contributed by atoms with E-state index in [1.165, 1.54) is 6.08 Å². The van der Waals surface area contributed by atoms with Crippen LogP contribution in [-0.4, -0.2) is 56.2 Å². The van der Waals surface area contributed by atoms with Gasteiger partial charge in [0.05, 0.1) is 12.6 Å². The summed E-state index contributed by atoms with van der Waals surface area (Å²) >= 11 is 0. The first-order chi connectivity index (χ1) is 12.7. The molecule has 2 atom stereocenters. The van der Waals surface area contributed by atoms with Gasteiger partial charge in [-0.05, 0) is 58.7 Å². The Hall–Kier alpha value is -1.34. The first-order valence-corrected chi connectivity index (χ1v) is 13.1. The molecule has 1 fully saturated rings. The van der Waals surface area contributed by atoms with E-state index in [9.17, 15) is 9.59 Å². The lowest BCUT2D eigenvalue weighted by Crippen LogP contribution is -2.52. The molecule has 1 rings (SSSR count). The van der Waals surface area contributed by atoms with E-state index < -0.39 is 19.9 Å². The molecule has 1 saturated heterocycles. The Morgan fingerprint density at radius 2 is 1.75 bits per heavy atom. The number of likely N-dealkylation sites (tertiary alicyclic amines) is 1. The molecule has 0 saturated carbocycles. The number of piperidine rings is 1. The number of hydrogen-bond acceptors (Lipinski definition) is 5. The molecule has 0 aromatic carbocycles. The molecule has 0 aliphatic carbocycles. The molecule has 162 valence electrons. The molecule has 28 heavy (non-hydrogen) atoms. The molecule has 0 aromatic heterocycles. The Labute approximate surface area is 171 Å². The van der Waals surface area contributed by atoms with Crippen LogP contribution in [0.15, 0.2) is 12.2 Å². The molecule has 1 aliphatic heterocycles. The molecule has 0 unspecified atom stereocenters. The lowest BCUT2D eigenvalue weighted by Gasteiger charge is -2.44. The molecule has 1 heterocycles. The molecule has 1 amide bonds. The predicted molar refractivity (Wildman–Crippen MR) is 114 cm³/mol. The van der Waals surface area contributed by atoms with E-state index in [0.29, 0.717) is 19.6 Å². The molecular weight excluding hydrogens is 374 g/mol. The van der Waals surface area contributed by atoms with Crippen LogP contribution in [0.1, 0.15) is 61.3 Å². The average molecular weight is 414 g/mol. The molecule has 0 aromatic rings. The summed E-state index contributed by atoms with van der Waals surface area (Å²) < 4.78 is 17.1. The van der Waals surface area contributed by atoms with Crippen LogP contribution in [0.3, 0.4) is 0 Å². The van der Waals surface area contributed by atoms with Crippen molar-refractivity contribution in [1.29, 1.82) is 0 Å². The number of nitrogens with zero attached hydrogens (tertiary/aromatic N) is 1. The van der Waals surface area contributed by atoms with Crippen LogP contribution in [-0.2, 0) is 18.7 Å². The highest BCUT2D eigenvalue weighted by molar-refractivity contribution is 6.74. The second-order valence-corrected chi connectivity index (χ2v) is 14.6. The van der Waals surface area contributed by atoms with E-state index in [-0.39, 0.29) is 23.3 Å². The predicted octanol–water partition coefficient (Wildman–Crippen LogP) is 4.90. The van der Waals surface area contributed by atoms with Crippen LogP contribution < -0.4 is 0 Å². The van der Waals surface area contributed by atoms with Crippen molar-refractivity contribution in [3.63, 3.8) is 0 Å². The Kier molecular flexibility index (Phi) is 8.32. The van der Waals surface area contributed by atoms with Crippen LogP contribution >= 0.6 is 0 Å².